The molecule has 170 valence electrons. The smallest absolute Gasteiger partial charge is 0.319 e. The molecule has 1 aromatic carbocycles. The van der Waals surface area contributed by atoms with Crippen LogP contribution in [0, 0.1) is 5.41 Å². The number of likely N-dealkylation sites (tertiary alicyclic amines) is 2. The van der Waals surface area contributed by atoms with Crippen molar-refractivity contribution in [2.24, 2.45) is 5.41 Å². The number of urea groups is 1. The number of nitrogens with one attached hydrogen (secondary N) is 2. The third kappa shape index (κ3) is 6.12. The van der Waals surface area contributed by atoms with Gasteiger partial charge in [0, 0.05) is 42.8 Å². The van der Waals surface area contributed by atoms with Crippen molar-refractivity contribution in [3.05, 3.63) is 29.3 Å². The van der Waals surface area contributed by atoms with Crippen molar-refractivity contribution in [3.8, 4) is 0 Å². The summed E-state index contributed by atoms with van der Waals surface area (Å²) in [5.41, 5.74) is 0.155. The van der Waals surface area contributed by atoms with Crippen LogP contribution in [0.2, 0.25) is 5.02 Å². The Bertz CT molecular complexity index is 798. The Morgan fingerprint density at radius 3 is 2.29 bits per heavy atom. The lowest BCUT2D eigenvalue weighted by molar-refractivity contribution is -0.140. The summed E-state index contributed by atoms with van der Waals surface area (Å²) in [6, 6.07) is 5.94. The summed E-state index contributed by atoms with van der Waals surface area (Å²) >= 11 is 5.89. The van der Waals surface area contributed by atoms with Gasteiger partial charge in [-0.3, -0.25) is 9.59 Å². The Kier molecular flexibility index (Phi) is 7.46. The van der Waals surface area contributed by atoms with Gasteiger partial charge < -0.3 is 20.4 Å². The van der Waals surface area contributed by atoms with E-state index in [9.17, 15) is 14.4 Å². The molecule has 2 aliphatic heterocycles. The molecular weight excluding hydrogens is 416 g/mol. The molecule has 0 bridgehead atoms. The number of benzene rings is 1. The number of piperidine rings is 2. The molecule has 0 aliphatic carbocycles. The minimum atomic E-state index is -0.659. The van der Waals surface area contributed by atoms with Crippen LogP contribution in [-0.4, -0.2) is 59.4 Å². The molecule has 2 N–H and O–H groups in total. The molecular formula is C23H33ClN4O3. The summed E-state index contributed by atoms with van der Waals surface area (Å²) in [6.45, 7) is 7.85. The van der Waals surface area contributed by atoms with E-state index in [1.807, 2.05) is 30.6 Å². The molecule has 7 nitrogen and oxygen atoms in total. The maximum atomic E-state index is 13.3. The Morgan fingerprint density at radius 2 is 1.71 bits per heavy atom. The summed E-state index contributed by atoms with van der Waals surface area (Å²) in [6.07, 6.45) is 4.24. The maximum absolute atomic E-state index is 13.3. The predicted octanol–water partition coefficient (Wildman–Crippen LogP) is 3.88. The molecule has 0 radical (unpaired) electrons. The summed E-state index contributed by atoms with van der Waals surface area (Å²) < 4.78 is 0. The van der Waals surface area contributed by atoms with Crippen molar-refractivity contribution >= 4 is 35.1 Å². The Balaban J connectivity index is 1.59. The molecule has 0 saturated carbocycles. The van der Waals surface area contributed by atoms with Crippen LogP contribution in [0.1, 0.15) is 52.9 Å². The average molecular weight is 449 g/mol. The van der Waals surface area contributed by atoms with Gasteiger partial charge in [-0.1, -0.05) is 32.4 Å². The van der Waals surface area contributed by atoms with Crippen molar-refractivity contribution in [2.75, 3.05) is 25.0 Å². The Labute approximate surface area is 189 Å². The van der Waals surface area contributed by atoms with Crippen LogP contribution in [0.15, 0.2) is 24.3 Å². The highest BCUT2D eigenvalue weighted by Crippen LogP contribution is 2.26. The van der Waals surface area contributed by atoms with Crippen LogP contribution >= 0.6 is 11.6 Å². The van der Waals surface area contributed by atoms with Crippen LogP contribution in [0.4, 0.5) is 10.5 Å². The van der Waals surface area contributed by atoms with Gasteiger partial charge in [-0.2, -0.15) is 0 Å². The summed E-state index contributed by atoms with van der Waals surface area (Å²) in [4.78, 5) is 41.9. The number of halogens is 1. The van der Waals surface area contributed by atoms with E-state index in [1.54, 1.807) is 24.3 Å². The SMILES string of the molecule is CC(C)(C)[C@@H](NC(=O)Nc1ccc(Cl)cc1)C(=O)N1CCC(N2CCCCC2=O)CC1. The van der Waals surface area contributed by atoms with Gasteiger partial charge in [0.1, 0.15) is 6.04 Å². The summed E-state index contributed by atoms with van der Waals surface area (Å²) in [5, 5.41) is 6.21. The third-order valence-electron chi connectivity index (χ3n) is 6.07. The van der Waals surface area contributed by atoms with Gasteiger partial charge in [-0.15, -0.1) is 0 Å². The normalized spacial score (nSPS) is 19.2. The van der Waals surface area contributed by atoms with E-state index in [-0.39, 0.29) is 17.9 Å². The van der Waals surface area contributed by atoms with Crippen LogP contribution in [-0.2, 0) is 9.59 Å². The highest BCUT2D eigenvalue weighted by molar-refractivity contribution is 6.30. The van der Waals surface area contributed by atoms with Gasteiger partial charge in [0.15, 0.2) is 0 Å². The fraction of sp³-hybridized carbons (Fsp3) is 0.609. The van der Waals surface area contributed by atoms with Crippen LogP contribution < -0.4 is 10.6 Å². The van der Waals surface area contributed by atoms with E-state index in [4.69, 9.17) is 11.6 Å². The number of rotatable bonds is 4. The second-order valence-corrected chi connectivity index (χ2v) is 9.94. The third-order valence-corrected chi connectivity index (χ3v) is 6.32. The first-order valence-electron chi connectivity index (χ1n) is 11.1. The number of carbonyl (C=O) groups is 3. The molecule has 1 aromatic rings. The second kappa shape index (κ2) is 9.90. The minimum Gasteiger partial charge on any atom is -0.341 e. The molecule has 0 spiro atoms. The van der Waals surface area contributed by atoms with Gasteiger partial charge >= 0.3 is 6.03 Å². The lowest BCUT2D eigenvalue weighted by Gasteiger charge is -2.42. The molecule has 0 unspecified atom stereocenters. The topological polar surface area (TPSA) is 81.8 Å². The quantitative estimate of drug-likeness (QED) is 0.733. The zero-order valence-electron chi connectivity index (χ0n) is 18.6. The summed E-state index contributed by atoms with van der Waals surface area (Å²) in [7, 11) is 0. The lowest BCUT2D eigenvalue weighted by atomic mass is 9.85. The first-order chi connectivity index (χ1) is 14.6. The molecule has 2 heterocycles. The van der Waals surface area contributed by atoms with Crippen LogP contribution in [0.25, 0.3) is 0 Å². The monoisotopic (exact) mass is 448 g/mol. The van der Waals surface area contributed by atoms with Crippen molar-refractivity contribution in [2.45, 2.75) is 65.0 Å². The van der Waals surface area contributed by atoms with E-state index >= 15 is 0 Å². The van der Waals surface area contributed by atoms with Crippen molar-refractivity contribution in [1.82, 2.24) is 15.1 Å². The van der Waals surface area contributed by atoms with Crippen LogP contribution in [0.5, 0.6) is 0 Å². The van der Waals surface area contributed by atoms with Gasteiger partial charge in [-0.05, 0) is 55.4 Å². The molecule has 2 aliphatic rings. The fourth-order valence-electron chi connectivity index (χ4n) is 4.27. The number of anilines is 1. The number of nitrogens with zero attached hydrogens (tertiary/aromatic N) is 2. The molecule has 2 saturated heterocycles. The molecule has 3 rings (SSSR count). The van der Waals surface area contributed by atoms with Crippen LogP contribution in [0.3, 0.4) is 0 Å². The number of amides is 4. The van der Waals surface area contributed by atoms with Crippen molar-refractivity contribution < 1.29 is 14.4 Å². The van der Waals surface area contributed by atoms with Gasteiger partial charge in [0.2, 0.25) is 11.8 Å². The van der Waals surface area contributed by atoms with Gasteiger partial charge in [0.25, 0.3) is 0 Å². The largest absolute Gasteiger partial charge is 0.341 e. The van der Waals surface area contributed by atoms with Gasteiger partial charge in [0.05, 0.1) is 0 Å². The average Bonchev–Trinajstić information content (AvgIpc) is 2.73. The van der Waals surface area contributed by atoms with E-state index < -0.39 is 17.5 Å². The number of carbonyl (C=O) groups excluding carboxylic acids is 3. The van der Waals surface area contributed by atoms with E-state index in [1.165, 1.54) is 0 Å². The molecule has 31 heavy (non-hydrogen) atoms. The van der Waals surface area contributed by atoms with Crippen molar-refractivity contribution in [3.63, 3.8) is 0 Å². The maximum Gasteiger partial charge on any atom is 0.319 e. The lowest BCUT2D eigenvalue weighted by Crippen LogP contribution is -2.58. The van der Waals surface area contributed by atoms with Crippen molar-refractivity contribution in [1.29, 1.82) is 0 Å². The predicted molar refractivity (Wildman–Crippen MR) is 122 cm³/mol. The minimum absolute atomic E-state index is 0.0813. The standard InChI is InChI=1S/C23H33ClN4O3/c1-23(2,3)20(26-22(31)25-17-9-7-16(24)8-10-17)21(30)27-14-11-18(12-15-27)28-13-5-4-6-19(28)29/h7-10,18,20H,4-6,11-15H2,1-3H3,(H2,25,26,31)/t20-/m0/s1. The highest BCUT2D eigenvalue weighted by atomic mass is 35.5. The fourth-order valence-corrected chi connectivity index (χ4v) is 4.40. The highest BCUT2D eigenvalue weighted by Gasteiger charge is 2.38. The zero-order chi connectivity index (χ0) is 22.6. The van der Waals surface area contributed by atoms with E-state index in [0.29, 0.717) is 30.2 Å². The molecule has 1 atom stereocenters. The first kappa shape index (κ1) is 23.4. The number of hydrogen-bond acceptors (Lipinski definition) is 3. The second-order valence-electron chi connectivity index (χ2n) is 9.51. The number of hydrogen-bond donors (Lipinski definition) is 2. The molecule has 4 amide bonds. The Morgan fingerprint density at radius 1 is 1.06 bits per heavy atom. The van der Waals surface area contributed by atoms with E-state index in [0.717, 1.165) is 32.2 Å². The molecule has 2 fully saturated rings. The molecule has 0 aromatic heterocycles. The Hall–Kier alpha value is -2.28. The van der Waals surface area contributed by atoms with E-state index in [2.05, 4.69) is 10.6 Å². The zero-order valence-corrected chi connectivity index (χ0v) is 19.4. The first-order valence-corrected chi connectivity index (χ1v) is 11.4. The summed E-state index contributed by atoms with van der Waals surface area (Å²) in [5.74, 6) is 0.159. The molecule has 8 heteroatoms. The van der Waals surface area contributed by atoms with Gasteiger partial charge in [-0.25, -0.2) is 4.79 Å².